The lowest BCUT2D eigenvalue weighted by Gasteiger charge is -2.19. The monoisotopic (exact) mass is 708 g/mol. The third-order valence-corrected chi connectivity index (χ3v) is 4.40. The van der Waals surface area contributed by atoms with E-state index in [4.69, 9.17) is 50.3 Å². The molecule has 0 atom stereocenters. The first kappa shape index (κ1) is 49.3. The fourth-order valence-corrected chi connectivity index (χ4v) is 2.54. The lowest BCUT2D eigenvalue weighted by Crippen LogP contribution is -2.34. The number of nitrogens with two attached hydrogens (primary N) is 1. The number of carbonyl (C=O) groups excluding carboxylic acids is 3. The maximum atomic E-state index is 11.3. The number of azide groups is 2. The number of ether oxygens (including phenoxy) is 6. The Kier molecular flexibility index (Phi) is 34.0. The maximum absolute atomic E-state index is 11.3. The molecule has 0 saturated carbocycles. The minimum atomic E-state index is -0.947. The molecule has 0 fully saturated rings. The molecule has 0 aromatic rings. The molecule has 0 rings (SSSR count). The van der Waals surface area contributed by atoms with Crippen molar-refractivity contribution < 1.29 is 52.7 Å². The number of hydrogen-bond donors (Lipinski definition) is 5. The van der Waals surface area contributed by atoms with Crippen LogP contribution in [0.1, 0.15) is 54.4 Å². The van der Waals surface area contributed by atoms with Crippen LogP contribution in [0.4, 0.5) is 9.59 Å². The number of rotatable bonds is 23. The molecule has 0 aliphatic rings. The van der Waals surface area contributed by atoms with Crippen molar-refractivity contribution in [2.45, 2.75) is 65.6 Å². The topological polar surface area (TPSA) is 304 Å². The second-order valence-electron chi connectivity index (χ2n) is 11.2. The molecule has 6 N–H and O–H groups in total. The van der Waals surface area contributed by atoms with Crippen molar-refractivity contribution in [1.82, 2.24) is 16.0 Å². The van der Waals surface area contributed by atoms with Gasteiger partial charge < -0.3 is 55.2 Å². The van der Waals surface area contributed by atoms with Gasteiger partial charge in [-0.15, -0.1) is 0 Å². The minimum Gasteiger partial charge on any atom is -0.481 e. The number of alkyl carbamates (subject to hydrolysis) is 2. The molecule has 0 spiro atoms. The van der Waals surface area contributed by atoms with Gasteiger partial charge >= 0.3 is 18.2 Å². The summed E-state index contributed by atoms with van der Waals surface area (Å²) < 4.78 is 31.0. The van der Waals surface area contributed by atoms with Crippen molar-refractivity contribution >= 4 is 24.1 Å². The van der Waals surface area contributed by atoms with Gasteiger partial charge in [-0.3, -0.25) is 9.59 Å². The zero-order valence-electron chi connectivity index (χ0n) is 29.6. The highest BCUT2D eigenvalue weighted by atomic mass is 16.6. The van der Waals surface area contributed by atoms with E-state index in [1.54, 1.807) is 20.8 Å². The molecule has 0 aliphatic heterocycles. The van der Waals surface area contributed by atoms with E-state index in [1.165, 1.54) is 0 Å². The molecular formula is C28H56N10O11. The molecule has 0 radical (unpaired) electrons. The molecule has 0 heterocycles. The highest BCUT2D eigenvalue weighted by Gasteiger charge is 2.16. The zero-order chi connectivity index (χ0) is 37.8. The third-order valence-electron chi connectivity index (χ3n) is 4.40. The molecule has 49 heavy (non-hydrogen) atoms. The number of carboxylic acid groups (broad SMARTS) is 1. The Hall–Kier alpha value is -4.10. The number of aliphatic carboxylic acids is 1. The maximum Gasteiger partial charge on any atom is 0.407 e. The number of carboxylic acids is 1. The Balaban J connectivity index is -0.000000732. The lowest BCUT2D eigenvalue weighted by molar-refractivity contribution is -0.136. The first-order valence-electron chi connectivity index (χ1n) is 15.5. The van der Waals surface area contributed by atoms with Gasteiger partial charge in [-0.05, 0) is 52.6 Å². The predicted octanol–water partition coefficient (Wildman–Crippen LogP) is 2.64. The van der Waals surface area contributed by atoms with Gasteiger partial charge in [-0.25, -0.2) is 9.59 Å². The average molecular weight is 709 g/mol. The summed E-state index contributed by atoms with van der Waals surface area (Å²) in [6.45, 7) is 16.2. The molecule has 0 aromatic carbocycles. The predicted molar refractivity (Wildman–Crippen MR) is 179 cm³/mol. The van der Waals surface area contributed by atoms with Crippen LogP contribution >= 0.6 is 0 Å². The fraction of sp³-hybridized carbons (Fsp3) is 0.857. The van der Waals surface area contributed by atoms with Crippen LogP contribution in [0.3, 0.4) is 0 Å². The molecule has 3 amide bonds. The Labute approximate surface area is 287 Å². The average Bonchev–Trinajstić information content (AvgIpc) is 2.98. The van der Waals surface area contributed by atoms with Gasteiger partial charge in [0.25, 0.3) is 0 Å². The summed E-state index contributed by atoms with van der Waals surface area (Å²) >= 11 is 0. The summed E-state index contributed by atoms with van der Waals surface area (Å²) in [5.41, 5.74) is 20.0. The Morgan fingerprint density at radius 2 is 1.00 bits per heavy atom. The molecule has 0 saturated heterocycles. The molecule has 284 valence electrons. The largest absolute Gasteiger partial charge is 0.481 e. The summed E-state index contributed by atoms with van der Waals surface area (Å²) in [6, 6.07) is 0. The molecule has 0 unspecified atom stereocenters. The van der Waals surface area contributed by atoms with Crippen molar-refractivity contribution in [2.24, 2.45) is 16.0 Å². The van der Waals surface area contributed by atoms with Crippen LogP contribution in [0, 0.1) is 0 Å². The van der Waals surface area contributed by atoms with E-state index in [1.807, 2.05) is 20.8 Å². The quantitative estimate of drug-likeness (QED) is 0.0443. The molecule has 0 bridgehead atoms. The van der Waals surface area contributed by atoms with E-state index < -0.39 is 29.4 Å². The van der Waals surface area contributed by atoms with Gasteiger partial charge in [0.2, 0.25) is 5.91 Å². The highest BCUT2D eigenvalue weighted by molar-refractivity contribution is 5.76. The Bertz CT molecular complexity index is 977. The fourth-order valence-electron chi connectivity index (χ4n) is 2.54. The SMILES string of the molecule is CC(C)(C)OC(=O)NCCOCCOCCN.CC(C)(C)OC(=O)NCCOCCOCCNC(=O)CCN=[N+]=[N-].[N-]=[N+]=NCCC(=O)O. The van der Waals surface area contributed by atoms with Crippen molar-refractivity contribution in [3.8, 4) is 0 Å². The van der Waals surface area contributed by atoms with E-state index in [-0.39, 0.29) is 31.8 Å². The number of hydrogen-bond acceptors (Lipinski definition) is 13. The summed E-state index contributed by atoms with van der Waals surface area (Å²) in [5.74, 6) is -1.13. The van der Waals surface area contributed by atoms with Crippen molar-refractivity contribution in [3.63, 3.8) is 0 Å². The van der Waals surface area contributed by atoms with Gasteiger partial charge in [0.1, 0.15) is 11.2 Å². The van der Waals surface area contributed by atoms with Gasteiger partial charge in [0.15, 0.2) is 0 Å². The summed E-state index contributed by atoms with van der Waals surface area (Å²) in [4.78, 5) is 48.4. The molecule has 0 aromatic heterocycles. The standard InChI is InChI=1S/C14H27N5O5.C11H24N2O4.C3H5N3O2/c1-14(2,3)24-13(21)17-7-9-23-11-10-22-8-6-16-12(20)4-5-18-19-15;1-11(2,3)17-10(14)13-5-7-16-9-8-15-6-4-12;4-6-5-2-1-3(7)8/h4-11H2,1-3H3,(H,16,20)(H,17,21);4-9,12H2,1-3H3,(H,13,14);1-2H2,(H,7,8). The van der Waals surface area contributed by atoms with Gasteiger partial charge in [-0.1, -0.05) is 10.2 Å². The molecular weight excluding hydrogens is 652 g/mol. The van der Waals surface area contributed by atoms with Gasteiger partial charge in [0, 0.05) is 55.5 Å². The van der Waals surface area contributed by atoms with Gasteiger partial charge in [0.05, 0.1) is 59.3 Å². The number of carbonyl (C=O) groups is 4. The first-order chi connectivity index (χ1) is 23.1. The summed E-state index contributed by atoms with van der Waals surface area (Å²) in [6.07, 6.45) is -0.832. The number of nitrogens with one attached hydrogen (secondary N) is 3. The van der Waals surface area contributed by atoms with Crippen molar-refractivity contribution in [1.29, 1.82) is 0 Å². The second kappa shape index (κ2) is 33.8. The third kappa shape index (κ3) is 50.9. The Morgan fingerprint density at radius 3 is 1.35 bits per heavy atom. The van der Waals surface area contributed by atoms with Crippen LogP contribution in [-0.4, -0.2) is 132 Å². The van der Waals surface area contributed by atoms with Crippen LogP contribution < -0.4 is 21.7 Å². The number of amides is 3. The Morgan fingerprint density at radius 1 is 0.633 bits per heavy atom. The lowest BCUT2D eigenvalue weighted by atomic mass is 10.2. The van der Waals surface area contributed by atoms with E-state index >= 15 is 0 Å². The zero-order valence-corrected chi connectivity index (χ0v) is 29.6. The van der Waals surface area contributed by atoms with Crippen LogP contribution in [0.15, 0.2) is 10.2 Å². The van der Waals surface area contributed by atoms with E-state index in [0.29, 0.717) is 79.0 Å². The highest BCUT2D eigenvalue weighted by Crippen LogP contribution is 2.06. The van der Waals surface area contributed by atoms with Crippen LogP contribution in [0.5, 0.6) is 0 Å². The summed E-state index contributed by atoms with van der Waals surface area (Å²) in [5, 5.41) is 22.0. The van der Waals surface area contributed by atoms with Crippen LogP contribution in [0.2, 0.25) is 0 Å². The molecule has 21 heteroatoms. The van der Waals surface area contributed by atoms with Crippen LogP contribution in [0.25, 0.3) is 20.9 Å². The normalized spacial score (nSPS) is 10.3. The first-order valence-corrected chi connectivity index (χ1v) is 15.5. The van der Waals surface area contributed by atoms with Crippen LogP contribution in [-0.2, 0) is 38.0 Å². The van der Waals surface area contributed by atoms with E-state index in [9.17, 15) is 19.2 Å². The van der Waals surface area contributed by atoms with Gasteiger partial charge in [-0.2, -0.15) is 0 Å². The van der Waals surface area contributed by atoms with E-state index in [2.05, 4.69) is 36.0 Å². The summed E-state index contributed by atoms with van der Waals surface area (Å²) in [7, 11) is 0. The van der Waals surface area contributed by atoms with Crippen molar-refractivity contribution in [2.75, 3.05) is 92.1 Å². The minimum absolute atomic E-state index is 0.0336. The smallest absolute Gasteiger partial charge is 0.407 e. The molecule has 21 nitrogen and oxygen atoms in total. The molecule has 0 aliphatic carbocycles. The number of nitrogens with zero attached hydrogens (tertiary/aromatic N) is 6. The van der Waals surface area contributed by atoms with Crippen molar-refractivity contribution in [3.05, 3.63) is 20.9 Å². The van der Waals surface area contributed by atoms with E-state index in [0.717, 1.165) is 0 Å². The second-order valence-corrected chi connectivity index (χ2v) is 11.2.